The first-order valence-electron chi connectivity index (χ1n) is 9.81. The van der Waals surface area contributed by atoms with Gasteiger partial charge in [-0.15, -0.1) is 0 Å². The highest BCUT2D eigenvalue weighted by Crippen LogP contribution is 2.08. The topological polar surface area (TPSA) is 52.1 Å². The van der Waals surface area contributed by atoms with E-state index in [2.05, 4.69) is 32.5 Å². The van der Waals surface area contributed by atoms with Gasteiger partial charge in [0.15, 0.2) is 5.96 Å². The van der Waals surface area contributed by atoms with Crippen molar-refractivity contribution >= 4 is 5.96 Å². The van der Waals surface area contributed by atoms with E-state index in [0.29, 0.717) is 6.61 Å². The summed E-state index contributed by atoms with van der Waals surface area (Å²) in [5.41, 5.74) is 0. The fourth-order valence-electron chi connectivity index (χ4n) is 3.04. The lowest BCUT2D eigenvalue weighted by atomic mass is 10.3. The minimum Gasteiger partial charge on any atom is -0.494 e. The summed E-state index contributed by atoms with van der Waals surface area (Å²) in [6.45, 7) is 8.47. The predicted molar refractivity (Wildman–Crippen MR) is 109 cm³/mol. The highest BCUT2D eigenvalue weighted by atomic mass is 16.5. The second kappa shape index (κ2) is 12.5. The fraction of sp³-hybridized carbons (Fsp3) is 0.650. The van der Waals surface area contributed by atoms with Gasteiger partial charge in [0, 0.05) is 33.2 Å². The lowest BCUT2D eigenvalue weighted by Crippen LogP contribution is -2.39. The molecular weight excluding hydrogens is 326 g/mol. The Balaban J connectivity index is 1.49. The largest absolute Gasteiger partial charge is 0.494 e. The summed E-state index contributed by atoms with van der Waals surface area (Å²) in [7, 11) is 4.03. The Morgan fingerprint density at radius 2 is 1.81 bits per heavy atom. The van der Waals surface area contributed by atoms with Gasteiger partial charge in [-0.2, -0.15) is 0 Å². The predicted octanol–water partition coefficient (Wildman–Crippen LogP) is 1.65. The van der Waals surface area contributed by atoms with Crippen molar-refractivity contribution in [1.82, 2.24) is 20.4 Å². The van der Waals surface area contributed by atoms with E-state index in [0.717, 1.165) is 44.2 Å². The van der Waals surface area contributed by atoms with Crippen LogP contribution in [0.3, 0.4) is 0 Å². The first kappa shape index (κ1) is 20.5. The van der Waals surface area contributed by atoms with Crippen LogP contribution in [0.4, 0.5) is 0 Å². The molecule has 1 heterocycles. The van der Waals surface area contributed by atoms with Crippen LogP contribution in [0.15, 0.2) is 35.3 Å². The highest BCUT2D eigenvalue weighted by Gasteiger charge is 2.11. The third-order valence-corrected chi connectivity index (χ3v) is 4.60. The summed E-state index contributed by atoms with van der Waals surface area (Å²) in [5.74, 6) is 1.80. The van der Waals surface area contributed by atoms with E-state index >= 15 is 0 Å². The molecule has 0 saturated carbocycles. The number of rotatable bonds is 9. The van der Waals surface area contributed by atoms with E-state index in [1.807, 2.05) is 37.4 Å². The van der Waals surface area contributed by atoms with E-state index < -0.39 is 0 Å². The maximum Gasteiger partial charge on any atom is 0.190 e. The summed E-state index contributed by atoms with van der Waals surface area (Å²) in [6, 6.07) is 9.94. The molecule has 0 atom stereocenters. The quantitative estimate of drug-likeness (QED) is 0.398. The summed E-state index contributed by atoms with van der Waals surface area (Å²) in [4.78, 5) is 9.28. The van der Waals surface area contributed by atoms with Crippen LogP contribution >= 0.6 is 0 Å². The third-order valence-electron chi connectivity index (χ3n) is 4.60. The standard InChI is InChI=1S/C20H35N5O/c1-21-20(23-12-7-18-26-19-9-4-3-5-10-19)22-11-6-14-25-15-8-13-24(2)16-17-25/h3-5,9-10H,6-8,11-18H2,1-2H3,(H2,21,22,23). The van der Waals surface area contributed by atoms with Gasteiger partial charge >= 0.3 is 0 Å². The Morgan fingerprint density at radius 1 is 1.04 bits per heavy atom. The summed E-state index contributed by atoms with van der Waals surface area (Å²) >= 11 is 0. The maximum absolute atomic E-state index is 5.70. The number of aliphatic imine (C=N–C) groups is 1. The minimum absolute atomic E-state index is 0.706. The lowest BCUT2D eigenvalue weighted by Gasteiger charge is -2.20. The van der Waals surface area contributed by atoms with Gasteiger partial charge < -0.3 is 25.2 Å². The number of nitrogens with zero attached hydrogens (tertiary/aromatic N) is 3. The number of guanidine groups is 1. The molecule has 146 valence electrons. The van der Waals surface area contributed by atoms with Crippen molar-refractivity contribution in [2.24, 2.45) is 4.99 Å². The molecule has 1 fully saturated rings. The molecule has 6 heteroatoms. The number of hydrogen-bond acceptors (Lipinski definition) is 4. The Bertz CT molecular complexity index is 508. The molecule has 0 unspecified atom stereocenters. The molecule has 2 rings (SSSR count). The van der Waals surface area contributed by atoms with E-state index in [1.54, 1.807) is 0 Å². The average molecular weight is 362 g/mol. The van der Waals surface area contributed by atoms with Gasteiger partial charge in [0.2, 0.25) is 0 Å². The average Bonchev–Trinajstić information content (AvgIpc) is 2.88. The zero-order chi connectivity index (χ0) is 18.5. The minimum atomic E-state index is 0.706. The van der Waals surface area contributed by atoms with Crippen molar-refractivity contribution in [2.75, 3.05) is 66.5 Å². The molecular formula is C20H35N5O. The highest BCUT2D eigenvalue weighted by molar-refractivity contribution is 5.79. The molecule has 2 N–H and O–H groups in total. The first-order chi connectivity index (χ1) is 12.8. The van der Waals surface area contributed by atoms with Gasteiger partial charge in [-0.25, -0.2) is 0 Å². The van der Waals surface area contributed by atoms with Crippen molar-refractivity contribution in [2.45, 2.75) is 19.3 Å². The van der Waals surface area contributed by atoms with Crippen molar-refractivity contribution in [3.63, 3.8) is 0 Å². The van der Waals surface area contributed by atoms with Crippen LogP contribution in [-0.4, -0.2) is 82.3 Å². The van der Waals surface area contributed by atoms with Crippen LogP contribution in [-0.2, 0) is 0 Å². The Hall–Kier alpha value is -1.79. The molecule has 0 aliphatic carbocycles. The van der Waals surface area contributed by atoms with Gasteiger partial charge in [0.05, 0.1) is 6.61 Å². The molecule has 0 spiro atoms. The number of nitrogens with one attached hydrogen (secondary N) is 2. The van der Waals surface area contributed by atoms with Crippen LogP contribution < -0.4 is 15.4 Å². The summed E-state index contributed by atoms with van der Waals surface area (Å²) < 4.78 is 5.70. The van der Waals surface area contributed by atoms with E-state index in [-0.39, 0.29) is 0 Å². The fourth-order valence-corrected chi connectivity index (χ4v) is 3.04. The van der Waals surface area contributed by atoms with E-state index in [1.165, 1.54) is 32.6 Å². The molecule has 0 amide bonds. The zero-order valence-corrected chi connectivity index (χ0v) is 16.4. The molecule has 1 saturated heterocycles. The van der Waals surface area contributed by atoms with Crippen LogP contribution in [0.1, 0.15) is 19.3 Å². The normalized spacial score (nSPS) is 16.9. The molecule has 1 aromatic carbocycles. The summed E-state index contributed by atoms with van der Waals surface area (Å²) in [5, 5.41) is 6.75. The summed E-state index contributed by atoms with van der Waals surface area (Å²) in [6.07, 6.45) is 3.36. The Kier molecular flexibility index (Phi) is 9.90. The van der Waals surface area contributed by atoms with Crippen molar-refractivity contribution < 1.29 is 4.74 Å². The van der Waals surface area contributed by atoms with Gasteiger partial charge in [-0.3, -0.25) is 4.99 Å². The lowest BCUT2D eigenvalue weighted by molar-refractivity contribution is 0.274. The SMILES string of the molecule is CN=C(NCCCOc1ccccc1)NCCCN1CCCN(C)CC1. The van der Waals surface area contributed by atoms with Gasteiger partial charge in [-0.1, -0.05) is 18.2 Å². The number of ether oxygens (including phenoxy) is 1. The second-order valence-corrected chi connectivity index (χ2v) is 6.79. The van der Waals surface area contributed by atoms with Crippen LogP contribution in [0.25, 0.3) is 0 Å². The zero-order valence-electron chi connectivity index (χ0n) is 16.4. The molecule has 6 nitrogen and oxygen atoms in total. The van der Waals surface area contributed by atoms with Crippen LogP contribution in [0.5, 0.6) is 5.75 Å². The van der Waals surface area contributed by atoms with E-state index in [9.17, 15) is 0 Å². The molecule has 1 aromatic rings. The van der Waals surface area contributed by atoms with Gasteiger partial charge in [0.25, 0.3) is 0 Å². The smallest absolute Gasteiger partial charge is 0.190 e. The number of benzene rings is 1. The van der Waals surface area contributed by atoms with E-state index in [4.69, 9.17) is 4.74 Å². The Labute approximate surface area is 158 Å². The number of para-hydroxylation sites is 1. The molecule has 1 aliphatic heterocycles. The molecule has 0 radical (unpaired) electrons. The second-order valence-electron chi connectivity index (χ2n) is 6.79. The van der Waals surface area contributed by atoms with Crippen molar-refractivity contribution in [3.05, 3.63) is 30.3 Å². The Morgan fingerprint density at radius 3 is 2.58 bits per heavy atom. The number of hydrogen-bond donors (Lipinski definition) is 2. The first-order valence-corrected chi connectivity index (χ1v) is 9.81. The van der Waals surface area contributed by atoms with Crippen molar-refractivity contribution in [3.8, 4) is 5.75 Å². The van der Waals surface area contributed by atoms with Gasteiger partial charge in [-0.05, 0) is 58.1 Å². The molecule has 0 aromatic heterocycles. The van der Waals surface area contributed by atoms with Crippen LogP contribution in [0.2, 0.25) is 0 Å². The molecule has 26 heavy (non-hydrogen) atoms. The van der Waals surface area contributed by atoms with Gasteiger partial charge in [0.1, 0.15) is 5.75 Å². The molecule has 1 aliphatic rings. The number of likely N-dealkylation sites (N-methyl/N-ethyl adjacent to an activating group) is 1. The third kappa shape index (κ3) is 8.54. The monoisotopic (exact) mass is 361 g/mol. The maximum atomic E-state index is 5.70. The van der Waals surface area contributed by atoms with Crippen molar-refractivity contribution in [1.29, 1.82) is 0 Å². The van der Waals surface area contributed by atoms with Crippen LogP contribution in [0, 0.1) is 0 Å². The molecule has 0 bridgehead atoms.